The van der Waals surface area contributed by atoms with E-state index in [4.69, 9.17) is 0 Å². The minimum atomic E-state index is 0.731. The highest BCUT2D eigenvalue weighted by molar-refractivity contribution is 7.09. The van der Waals surface area contributed by atoms with Gasteiger partial charge in [0.25, 0.3) is 0 Å². The van der Waals surface area contributed by atoms with Crippen LogP contribution in [-0.4, -0.2) is 18.6 Å². The predicted octanol–water partition coefficient (Wildman–Crippen LogP) is 2.24. The lowest BCUT2D eigenvalue weighted by molar-refractivity contribution is 0.510. The van der Waals surface area contributed by atoms with Crippen molar-refractivity contribution in [3.8, 4) is 0 Å². The van der Waals surface area contributed by atoms with Gasteiger partial charge < -0.3 is 5.32 Å². The van der Waals surface area contributed by atoms with Crippen LogP contribution in [0.25, 0.3) is 0 Å². The summed E-state index contributed by atoms with van der Waals surface area (Å²) in [4.78, 5) is 4.46. The van der Waals surface area contributed by atoms with Crippen molar-refractivity contribution in [2.75, 3.05) is 13.6 Å². The van der Waals surface area contributed by atoms with E-state index in [1.807, 2.05) is 7.05 Å². The fourth-order valence-corrected chi connectivity index (χ4v) is 1.98. The highest BCUT2D eigenvalue weighted by atomic mass is 32.1. The Morgan fingerprint density at radius 3 is 2.92 bits per heavy atom. The van der Waals surface area contributed by atoms with Crippen molar-refractivity contribution in [3.63, 3.8) is 0 Å². The lowest BCUT2D eigenvalue weighted by atomic mass is 10.0. The van der Waals surface area contributed by atoms with Crippen molar-refractivity contribution >= 4 is 11.3 Å². The van der Waals surface area contributed by atoms with Crippen LogP contribution in [0.1, 0.15) is 24.0 Å². The van der Waals surface area contributed by atoms with E-state index >= 15 is 0 Å². The molecule has 0 saturated carbocycles. The second kappa shape index (κ2) is 5.35. The number of thiazole rings is 1. The summed E-state index contributed by atoms with van der Waals surface area (Å²) < 4.78 is 0. The fourth-order valence-electron chi connectivity index (χ4n) is 1.35. The molecule has 0 radical (unpaired) electrons. The van der Waals surface area contributed by atoms with Crippen LogP contribution in [0.2, 0.25) is 0 Å². The van der Waals surface area contributed by atoms with Crippen LogP contribution < -0.4 is 5.32 Å². The largest absolute Gasteiger partial charge is 0.320 e. The number of aryl methyl sites for hydroxylation is 1. The molecule has 0 bridgehead atoms. The second-order valence-electron chi connectivity index (χ2n) is 3.56. The molecule has 3 heteroatoms. The zero-order valence-electron chi connectivity index (χ0n) is 8.63. The normalized spacial score (nSPS) is 13.2. The summed E-state index contributed by atoms with van der Waals surface area (Å²) >= 11 is 1.74. The number of hydrogen-bond donors (Lipinski definition) is 1. The molecule has 0 aromatic carbocycles. The summed E-state index contributed by atoms with van der Waals surface area (Å²) in [5.41, 5.74) is 1.26. The minimum absolute atomic E-state index is 0.731. The van der Waals surface area contributed by atoms with Crippen LogP contribution >= 0.6 is 11.3 Å². The first-order chi connectivity index (χ1) is 6.22. The summed E-state index contributed by atoms with van der Waals surface area (Å²) in [5, 5.41) is 6.52. The van der Waals surface area contributed by atoms with Crippen LogP contribution in [0.5, 0.6) is 0 Å². The number of rotatable bonds is 5. The van der Waals surface area contributed by atoms with Gasteiger partial charge in [0.2, 0.25) is 0 Å². The van der Waals surface area contributed by atoms with Crippen molar-refractivity contribution in [2.45, 2.75) is 26.7 Å². The molecule has 2 nitrogen and oxygen atoms in total. The monoisotopic (exact) mass is 198 g/mol. The maximum atomic E-state index is 4.46. The molecule has 0 saturated heterocycles. The molecule has 1 N–H and O–H groups in total. The average molecular weight is 198 g/mol. The van der Waals surface area contributed by atoms with Gasteiger partial charge in [0.1, 0.15) is 0 Å². The van der Waals surface area contributed by atoms with Crippen molar-refractivity contribution < 1.29 is 0 Å². The Kier molecular flexibility index (Phi) is 4.39. The first kappa shape index (κ1) is 10.7. The van der Waals surface area contributed by atoms with Crippen LogP contribution in [0, 0.1) is 12.8 Å². The Labute approximate surface area is 84.4 Å². The van der Waals surface area contributed by atoms with Crippen LogP contribution in [0.3, 0.4) is 0 Å². The van der Waals surface area contributed by atoms with Gasteiger partial charge >= 0.3 is 0 Å². The lowest BCUT2D eigenvalue weighted by Gasteiger charge is -2.08. The molecule has 0 spiro atoms. The Bertz CT molecular complexity index is 245. The molecule has 13 heavy (non-hydrogen) atoms. The van der Waals surface area contributed by atoms with Gasteiger partial charge in [0.05, 0.1) is 10.7 Å². The molecule has 1 aromatic rings. The Morgan fingerprint density at radius 1 is 1.62 bits per heavy atom. The van der Waals surface area contributed by atoms with Crippen molar-refractivity contribution in [3.05, 3.63) is 16.1 Å². The smallest absolute Gasteiger partial charge is 0.0897 e. The standard InChI is InChI=1S/C10H18N2S/c1-8(4-5-11-3)6-10-7-13-9(2)12-10/h7-8,11H,4-6H2,1-3H3. The van der Waals surface area contributed by atoms with E-state index < -0.39 is 0 Å². The van der Waals surface area contributed by atoms with Gasteiger partial charge in [-0.15, -0.1) is 11.3 Å². The Balaban J connectivity index is 2.31. The highest BCUT2D eigenvalue weighted by Gasteiger charge is 2.05. The first-order valence-electron chi connectivity index (χ1n) is 4.78. The third kappa shape index (κ3) is 3.87. The van der Waals surface area contributed by atoms with Gasteiger partial charge in [-0.05, 0) is 39.3 Å². The molecule has 0 aliphatic rings. The molecule has 74 valence electrons. The predicted molar refractivity (Wildman–Crippen MR) is 58.3 cm³/mol. The number of aromatic nitrogens is 1. The molecule has 1 rings (SSSR count). The molecule has 0 aliphatic carbocycles. The third-order valence-corrected chi connectivity index (χ3v) is 2.93. The van der Waals surface area contributed by atoms with Gasteiger partial charge in [0.15, 0.2) is 0 Å². The molecule has 0 aliphatic heterocycles. The average Bonchev–Trinajstić information content (AvgIpc) is 2.48. The van der Waals surface area contributed by atoms with Crippen molar-refractivity contribution in [1.29, 1.82) is 0 Å². The van der Waals surface area contributed by atoms with Crippen molar-refractivity contribution in [2.24, 2.45) is 5.92 Å². The molecule has 0 fully saturated rings. The second-order valence-corrected chi connectivity index (χ2v) is 4.62. The summed E-state index contributed by atoms with van der Waals surface area (Å²) in [7, 11) is 2.00. The highest BCUT2D eigenvalue weighted by Crippen LogP contribution is 2.14. The topological polar surface area (TPSA) is 24.9 Å². The molecular weight excluding hydrogens is 180 g/mol. The molecular formula is C10H18N2S. The van der Waals surface area contributed by atoms with Crippen LogP contribution in [0.4, 0.5) is 0 Å². The lowest BCUT2D eigenvalue weighted by Crippen LogP contribution is -2.12. The van der Waals surface area contributed by atoms with Crippen LogP contribution in [-0.2, 0) is 6.42 Å². The van der Waals surface area contributed by atoms with Gasteiger partial charge in [0, 0.05) is 5.38 Å². The molecule has 1 aromatic heterocycles. The third-order valence-electron chi connectivity index (χ3n) is 2.11. The maximum absolute atomic E-state index is 4.46. The summed E-state index contributed by atoms with van der Waals surface area (Å²) in [6, 6.07) is 0. The summed E-state index contributed by atoms with van der Waals surface area (Å²) in [6.07, 6.45) is 2.35. The Hall–Kier alpha value is -0.410. The summed E-state index contributed by atoms with van der Waals surface area (Å²) in [6.45, 7) is 5.45. The Morgan fingerprint density at radius 2 is 2.38 bits per heavy atom. The SMILES string of the molecule is CNCCC(C)Cc1csc(C)n1. The summed E-state index contributed by atoms with van der Waals surface area (Å²) in [5.74, 6) is 0.731. The van der Waals surface area contributed by atoms with E-state index in [0.717, 1.165) is 18.9 Å². The molecule has 1 heterocycles. The molecule has 1 atom stereocenters. The van der Waals surface area contributed by atoms with Gasteiger partial charge in [-0.3, -0.25) is 0 Å². The van der Waals surface area contributed by atoms with E-state index in [1.54, 1.807) is 11.3 Å². The van der Waals surface area contributed by atoms with E-state index in [2.05, 4.69) is 29.5 Å². The van der Waals surface area contributed by atoms with E-state index in [1.165, 1.54) is 17.1 Å². The molecule has 0 amide bonds. The fraction of sp³-hybridized carbons (Fsp3) is 0.700. The first-order valence-corrected chi connectivity index (χ1v) is 5.66. The van der Waals surface area contributed by atoms with Gasteiger partial charge in [-0.1, -0.05) is 6.92 Å². The van der Waals surface area contributed by atoms with Crippen molar-refractivity contribution in [1.82, 2.24) is 10.3 Å². The number of nitrogens with one attached hydrogen (secondary N) is 1. The quantitative estimate of drug-likeness (QED) is 0.785. The van der Waals surface area contributed by atoms with Crippen LogP contribution in [0.15, 0.2) is 5.38 Å². The number of hydrogen-bond acceptors (Lipinski definition) is 3. The van der Waals surface area contributed by atoms with Gasteiger partial charge in [-0.25, -0.2) is 4.98 Å². The van der Waals surface area contributed by atoms with Gasteiger partial charge in [-0.2, -0.15) is 0 Å². The number of nitrogens with zero attached hydrogens (tertiary/aromatic N) is 1. The zero-order valence-corrected chi connectivity index (χ0v) is 9.45. The van der Waals surface area contributed by atoms with E-state index in [9.17, 15) is 0 Å². The maximum Gasteiger partial charge on any atom is 0.0897 e. The molecule has 1 unspecified atom stereocenters. The zero-order chi connectivity index (χ0) is 9.68. The van der Waals surface area contributed by atoms with E-state index in [0.29, 0.717) is 0 Å². The minimum Gasteiger partial charge on any atom is -0.320 e. The van der Waals surface area contributed by atoms with E-state index in [-0.39, 0.29) is 0 Å².